The summed E-state index contributed by atoms with van der Waals surface area (Å²) in [6.07, 6.45) is 2.15. The van der Waals surface area contributed by atoms with E-state index in [4.69, 9.17) is 27.9 Å². The number of anilines is 1. The number of aryl methyl sites for hydroxylation is 1. The van der Waals surface area contributed by atoms with Gasteiger partial charge in [-0.3, -0.25) is 4.72 Å². The molecule has 4 aromatic rings. The number of nitrogens with zero attached hydrogens (tertiary/aromatic N) is 2. The smallest absolute Gasteiger partial charge is 0.261 e. The van der Waals surface area contributed by atoms with Crippen molar-refractivity contribution in [2.45, 2.75) is 24.8 Å². The molecule has 1 aromatic heterocycles. The number of hydrogen-bond acceptors (Lipinski definition) is 5. The fourth-order valence-electron chi connectivity index (χ4n) is 3.35. The lowest BCUT2D eigenvalue weighted by Gasteiger charge is -2.18. The van der Waals surface area contributed by atoms with Gasteiger partial charge in [0.15, 0.2) is 5.82 Å². The van der Waals surface area contributed by atoms with Gasteiger partial charge in [0.25, 0.3) is 10.0 Å². The molecular weight excluding hydrogens is 512 g/mol. The molecule has 6 nitrogen and oxygen atoms in total. The van der Waals surface area contributed by atoms with Crippen LogP contribution < -0.4 is 9.46 Å². The molecule has 35 heavy (non-hydrogen) atoms. The molecule has 0 aliphatic rings. The summed E-state index contributed by atoms with van der Waals surface area (Å²) in [7, 11) is -3.76. The molecule has 0 aliphatic heterocycles. The highest BCUT2D eigenvalue weighted by atomic mass is 35.5. The summed E-state index contributed by atoms with van der Waals surface area (Å²) in [5.41, 5.74) is 2.17. The first-order valence-corrected chi connectivity index (χ1v) is 12.7. The van der Waals surface area contributed by atoms with Crippen molar-refractivity contribution in [2.75, 3.05) is 4.72 Å². The largest absolute Gasteiger partial charge is 0.486 e. The molecule has 4 rings (SSSR count). The van der Waals surface area contributed by atoms with E-state index in [1.807, 2.05) is 6.92 Å². The molecule has 0 radical (unpaired) electrons. The van der Waals surface area contributed by atoms with E-state index < -0.39 is 21.9 Å². The minimum atomic E-state index is -3.76. The van der Waals surface area contributed by atoms with Crippen LogP contribution in [0.15, 0.2) is 78.0 Å². The van der Waals surface area contributed by atoms with Gasteiger partial charge in [0, 0.05) is 16.1 Å². The third-order valence-electron chi connectivity index (χ3n) is 5.13. The Morgan fingerprint density at radius 2 is 1.69 bits per heavy atom. The van der Waals surface area contributed by atoms with Gasteiger partial charge in [-0.2, -0.15) is 0 Å². The molecule has 0 aliphatic carbocycles. The minimum absolute atomic E-state index is 0.0897. The molecular formula is C25H20Cl2FN3O3S. The molecule has 1 N–H and O–H groups in total. The highest BCUT2D eigenvalue weighted by Gasteiger charge is 2.19. The molecule has 0 bridgehead atoms. The van der Waals surface area contributed by atoms with Crippen LogP contribution in [0.2, 0.25) is 10.0 Å². The van der Waals surface area contributed by atoms with E-state index in [-0.39, 0.29) is 15.6 Å². The summed E-state index contributed by atoms with van der Waals surface area (Å²) in [6.45, 7) is 3.59. The average Bonchev–Trinajstić information content (AvgIpc) is 2.82. The topological polar surface area (TPSA) is 81.2 Å². The standard InChI is InChI=1S/C25H20Cl2FN3O3S/c1-15-6-8-20(9-7-15)35(32,33)31-18-13-29-25(30-14-18)17-4-3-5-19(12-17)34-16(2)23-21(26)10-11-22(28)24(23)27/h3-14,16,31H,1-2H3. The van der Waals surface area contributed by atoms with Crippen LogP contribution in [0.25, 0.3) is 11.4 Å². The lowest BCUT2D eigenvalue weighted by molar-refractivity contribution is 0.226. The Labute approximate surface area is 212 Å². The SMILES string of the molecule is Cc1ccc(S(=O)(=O)Nc2cnc(-c3cccc(OC(C)c4c(Cl)ccc(F)c4Cl)c3)nc2)cc1. The van der Waals surface area contributed by atoms with Gasteiger partial charge < -0.3 is 4.74 Å². The second-order valence-corrected chi connectivity index (χ2v) is 10.2. The average molecular weight is 532 g/mol. The predicted octanol–water partition coefficient (Wildman–Crippen LogP) is 6.84. The minimum Gasteiger partial charge on any atom is -0.486 e. The van der Waals surface area contributed by atoms with Gasteiger partial charge in [0.2, 0.25) is 0 Å². The number of aromatic nitrogens is 2. The Morgan fingerprint density at radius 3 is 2.37 bits per heavy atom. The van der Waals surface area contributed by atoms with E-state index >= 15 is 0 Å². The fraction of sp³-hybridized carbons (Fsp3) is 0.120. The van der Waals surface area contributed by atoms with Gasteiger partial charge in [-0.05, 0) is 50.2 Å². The van der Waals surface area contributed by atoms with Crippen LogP contribution in [-0.2, 0) is 10.0 Å². The summed E-state index contributed by atoms with van der Waals surface area (Å²) in [5.74, 6) is 0.254. The van der Waals surface area contributed by atoms with Gasteiger partial charge in [-0.25, -0.2) is 22.8 Å². The van der Waals surface area contributed by atoms with Crippen molar-refractivity contribution in [3.63, 3.8) is 0 Å². The normalized spacial score (nSPS) is 12.3. The lowest BCUT2D eigenvalue weighted by Crippen LogP contribution is -2.13. The summed E-state index contributed by atoms with van der Waals surface area (Å²) < 4.78 is 47.5. The molecule has 0 amide bonds. The predicted molar refractivity (Wildman–Crippen MR) is 135 cm³/mol. The molecule has 0 spiro atoms. The lowest BCUT2D eigenvalue weighted by atomic mass is 10.1. The maximum atomic E-state index is 13.9. The fourth-order valence-corrected chi connectivity index (χ4v) is 5.05. The molecule has 0 saturated heterocycles. The van der Waals surface area contributed by atoms with E-state index in [2.05, 4.69) is 14.7 Å². The zero-order valence-corrected chi connectivity index (χ0v) is 21.0. The number of rotatable bonds is 7. The van der Waals surface area contributed by atoms with Gasteiger partial charge in [0.05, 0.1) is 28.0 Å². The molecule has 3 aromatic carbocycles. The summed E-state index contributed by atoms with van der Waals surface area (Å²) >= 11 is 12.3. The number of benzene rings is 3. The van der Waals surface area contributed by atoms with Crippen LogP contribution in [0.4, 0.5) is 10.1 Å². The van der Waals surface area contributed by atoms with Crippen LogP contribution in [0.5, 0.6) is 5.75 Å². The van der Waals surface area contributed by atoms with Crippen LogP contribution in [0, 0.1) is 12.7 Å². The van der Waals surface area contributed by atoms with Crippen molar-refractivity contribution in [1.82, 2.24) is 9.97 Å². The second-order valence-electron chi connectivity index (χ2n) is 7.76. The first-order chi connectivity index (χ1) is 16.6. The third-order valence-corrected chi connectivity index (χ3v) is 7.24. The Kier molecular flexibility index (Phi) is 7.25. The van der Waals surface area contributed by atoms with E-state index in [1.54, 1.807) is 43.3 Å². The first-order valence-electron chi connectivity index (χ1n) is 10.5. The van der Waals surface area contributed by atoms with E-state index in [0.717, 1.165) is 5.56 Å². The van der Waals surface area contributed by atoms with Gasteiger partial charge in [0.1, 0.15) is 17.7 Å². The van der Waals surface area contributed by atoms with Crippen LogP contribution in [0.3, 0.4) is 0 Å². The molecule has 0 saturated carbocycles. The van der Waals surface area contributed by atoms with Gasteiger partial charge >= 0.3 is 0 Å². The zero-order valence-electron chi connectivity index (χ0n) is 18.7. The monoisotopic (exact) mass is 531 g/mol. The Morgan fingerprint density at radius 1 is 1.00 bits per heavy atom. The van der Waals surface area contributed by atoms with Crippen molar-refractivity contribution >= 4 is 38.9 Å². The van der Waals surface area contributed by atoms with Crippen molar-refractivity contribution in [2.24, 2.45) is 0 Å². The first kappa shape index (κ1) is 24.9. The number of hydrogen-bond donors (Lipinski definition) is 1. The summed E-state index contributed by atoms with van der Waals surface area (Å²) in [5, 5.41) is 0.209. The summed E-state index contributed by atoms with van der Waals surface area (Å²) in [4.78, 5) is 8.69. The van der Waals surface area contributed by atoms with Crippen LogP contribution in [-0.4, -0.2) is 18.4 Å². The quantitative estimate of drug-likeness (QED) is 0.264. The van der Waals surface area contributed by atoms with E-state index in [1.165, 1.54) is 36.7 Å². The maximum Gasteiger partial charge on any atom is 0.261 e. The number of sulfonamides is 1. The number of ether oxygens (including phenoxy) is 1. The molecule has 180 valence electrons. The van der Waals surface area contributed by atoms with Gasteiger partial charge in [-0.15, -0.1) is 0 Å². The Bertz CT molecular complexity index is 1460. The highest BCUT2D eigenvalue weighted by Crippen LogP contribution is 2.35. The molecule has 10 heteroatoms. The van der Waals surface area contributed by atoms with Crippen molar-refractivity contribution in [1.29, 1.82) is 0 Å². The maximum absolute atomic E-state index is 13.9. The van der Waals surface area contributed by atoms with E-state index in [0.29, 0.717) is 27.7 Å². The third kappa shape index (κ3) is 5.73. The molecule has 0 fully saturated rings. The summed E-state index contributed by atoms with van der Waals surface area (Å²) in [6, 6.07) is 16.1. The Balaban J connectivity index is 1.51. The van der Waals surface area contributed by atoms with Crippen LogP contribution in [0.1, 0.15) is 24.2 Å². The second kappa shape index (κ2) is 10.2. The zero-order chi connectivity index (χ0) is 25.2. The van der Waals surface area contributed by atoms with Crippen LogP contribution >= 0.6 is 23.2 Å². The molecule has 1 unspecified atom stereocenters. The number of halogens is 3. The van der Waals surface area contributed by atoms with Crippen molar-refractivity contribution in [3.8, 4) is 17.1 Å². The van der Waals surface area contributed by atoms with Gasteiger partial charge in [-0.1, -0.05) is 53.0 Å². The number of nitrogens with one attached hydrogen (secondary N) is 1. The van der Waals surface area contributed by atoms with Crippen molar-refractivity contribution < 1.29 is 17.5 Å². The molecule has 1 heterocycles. The van der Waals surface area contributed by atoms with E-state index in [9.17, 15) is 12.8 Å². The molecule has 1 atom stereocenters. The Hall–Kier alpha value is -3.20. The highest BCUT2D eigenvalue weighted by molar-refractivity contribution is 7.92. The van der Waals surface area contributed by atoms with Crippen molar-refractivity contribution in [3.05, 3.63) is 100 Å².